The van der Waals surface area contributed by atoms with Crippen molar-refractivity contribution in [2.45, 2.75) is 50.7 Å². The van der Waals surface area contributed by atoms with Crippen LogP contribution in [0.1, 0.15) is 48.9 Å². The summed E-state index contributed by atoms with van der Waals surface area (Å²) in [7, 11) is 0. The molecule has 2 saturated heterocycles. The van der Waals surface area contributed by atoms with Crippen molar-refractivity contribution in [2.75, 3.05) is 37.6 Å². The highest BCUT2D eigenvalue weighted by molar-refractivity contribution is 5.96. The maximum absolute atomic E-state index is 12.4. The summed E-state index contributed by atoms with van der Waals surface area (Å²) in [6.45, 7) is 4.56. The van der Waals surface area contributed by atoms with Crippen molar-refractivity contribution >= 4 is 11.5 Å². The van der Waals surface area contributed by atoms with Crippen molar-refractivity contribution in [1.29, 1.82) is 0 Å². The lowest BCUT2D eigenvalue weighted by atomic mass is 10.0. The molecule has 2 fully saturated rings. The average molecular weight is 346 g/mol. The minimum atomic E-state index is -0.166. The van der Waals surface area contributed by atoms with E-state index in [4.69, 9.17) is 0 Å². The maximum atomic E-state index is 12.4. The number of aliphatic hydroxyl groups excluding tert-OH is 2. The number of benzene rings is 1. The number of piperidine rings is 2. The van der Waals surface area contributed by atoms with Gasteiger partial charge in [0.25, 0.3) is 0 Å². The van der Waals surface area contributed by atoms with E-state index < -0.39 is 0 Å². The third-order valence-electron chi connectivity index (χ3n) is 5.45. The quantitative estimate of drug-likeness (QED) is 0.772. The minimum Gasteiger partial charge on any atom is -0.393 e. The van der Waals surface area contributed by atoms with Crippen molar-refractivity contribution < 1.29 is 15.0 Å². The van der Waals surface area contributed by atoms with Gasteiger partial charge in [0.15, 0.2) is 5.78 Å². The van der Waals surface area contributed by atoms with Gasteiger partial charge in [0.05, 0.1) is 12.2 Å². The molecule has 2 aliphatic heterocycles. The molecule has 0 saturated carbocycles. The SMILES string of the molecule is O=C(CCCN1CCC(O)CC1)c1ccc(N2CCC(O)CC2)cc1. The van der Waals surface area contributed by atoms with Gasteiger partial charge in [-0.1, -0.05) is 0 Å². The van der Waals surface area contributed by atoms with E-state index in [-0.39, 0.29) is 18.0 Å². The molecule has 2 aliphatic rings. The second kappa shape index (κ2) is 8.79. The number of likely N-dealkylation sites (tertiary alicyclic amines) is 1. The van der Waals surface area contributed by atoms with Crippen LogP contribution >= 0.6 is 0 Å². The number of carbonyl (C=O) groups excluding carboxylic acids is 1. The predicted octanol–water partition coefficient (Wildman–Crippen LogP) is 2.07. The third kappa shape index (κ3) is 5.27. The number of hydrogen-bond acceptors (Lipinski definition) is 5. The molecule has 3 rings (SSSR count). The molecule has 0 aromatic heterocycles. The standard InChI is InChI=1S/C20H30N2O3/c23-18-7-12-21(13-8-18)11-1-2-20(25)16-3-5-17(6-4-16)22-14-9-19(24)10-15-22/h3-6,18-19,23-24H,1-2,7-15H2. The first-order valence-corrected chi connectivity index (χ1v) is 9.58. The highest BCUT2D eigenvalue weighted by Gasteiger charge is 2.18. The normalized spacial score (nSPS) is 20.8. The number of nitrogens with zero attached hydrogens (tertiary/aromatic N) is 2. The fourth-order valence-corrected chi connectivity index (χ4v) is 3.73. The molecule has 0 aliphatic carbocycles. The van der Waals surface area contributed by atoms with Gasteiger partial charge in [-0.3, -0.25) is 4.79 Å². The molecule has 2 heterocycles. The van der Waals surface area contributed by atoms with E-state index >= 15 is 0 Å². The van der Waals surface area contributed by atoms with Gasteiger partial charge in [0.1, 0.15) is 0 Å². The number of Topliss-reactive ketones (excluding diaryl/α,β-unsaturated/α-hetero) is 1. The zero-order valence-electron chi connectivity index (χ0n) is 14.9. The van der Waals surface area contributed by atoms with Crippen LogP contribution in [0.25, 0.3) is 0 Å². The maximum Gasteiger partial charge on any atom is 0.162 e. The molecule has 0 amide bonds. The molecule has 1 aromatic carbocycles. The Morgan fingerprint density at radius 1 is 0.920 bits per heavy atom. The first kappa shape index (κ1) is 18.4. The fourth-order valence-electron chi connectivity index (χ4n) is 3.73. The van der Waals surface area contributed by atoms with Crippen LogP contribution in [0.5, 0.6) is 0 Å². The summed E-state index contributed by atoms with van der Waals surface area (Å²) in [6, 6.07) is 7.91. The van der Waals surface area contributed by atoms with Gasteiger partial charge in [0, 0.05) is 43.9 Å². The van der Waals surface area contributed by atoms with E-state index in [1.165, 1.54) is 0 Å². The summed E-state index contributed by atoms with van der Waals surface area (Å²) >= 11 is 0. The van der Waals surface area contributed by atoms with Crippen LogP contribution in [-0.2, 0) is 0 Å². The van der Waals surface area contributed by atoms with Crippen molar-refractivity contribution in [3.8, 4) is 0 Å². The first-order valence-electron chi connectivity index (χ1n) is 9.58. The first-order chi connectivity index (χ1) is 12.1. The molecule has 5 heteroatoms. The number of ketones is 1. The van der Waals surface area contributed by atoms with Crippen molar-refractivity contribution in [3.05, 3.63) is 29.8 Å². The highest BCUT2D eigenvalue weighted by atomic mass is 16.3. The Bertz CT molecular complexity index is 545. The summed E-state index contributed by atoms with van der Waals surface area (Å²) in [4.78, 5) is 17.0. The van der Waals surface area contributed by atoms with Gasteiger partial charge in [-0.25, -0.2) is 0 Å². The Labute approximate surface area is 150 Å². The van der Waals surface area contributed by atoms with Crippen molar-refractivity contribution in [1.82, 2.24) is 4.90 Å². The van der Waals surface area contributed by atoms with Gasteiger partial charge in [-0.05, 0) is 62.9 Å². The summed E-state index contributed by atoms with van der Waals surface area (Å²) in [5.41, 5.74) is 1.92. The van der Waals surface area contributed by atoms with Gasteiger partial charge in [-0.2, -0.15) is 0 Å². The summed E-state index contributed by atoms with van der Waals surface area (Å²) in [6.07, 6.45) is 4.48. The van der Waals surface area contributed by atoms with Crippen molar-refractivity contribution in [2.24, 2.45) is 0 Å². The Kier molecular flexibility index (Phi) is 6.45. The van der Waals surface area contributed by atoms with Crippen LogP contribution in [0.4, 0.5) is 5.69 Å². The summed E-state index contributed by atoms with van der Waals surface area (Å²) < 4.78 is 0. The van der Waals surface area contributed by atoms with Crippen LogP contribution in [0, 0.1) is 0 Å². The Hall–Kier alpha value is -1.43. The van der Waals surface area contributed by atoms with E-state index in [0.717, 1.165) is 76.1 Å². The number of anilines is 1. The molecule has 25 heavy (non-hydrogen) atoms. The third-order valence-corrected chi connectivity index (χ3v) is 5.45. The molecule has 0 bridgehead atoms. The lowest BCUT2D eigenvalue weighted by molar-refractivity contribution is 0.0800. The monoisotopic (exact) mass is 346 g/mol. The number of rotatable bonds is 6. The Morgan fingerprint density at radius 2 is 1.48 bits per heavy atom. The van der Waals surface area contributed by atoms with Crippen LogP contribution < -0.4 is 4.90 Å². The lowest BCUT2D eigenvalue weighted by Gasteiger charge is -2.31. The fraction of sp³-hybridized carbons (Fsp3) is 0.650. The molecule has 2 N–H and O–H groups in total. The smallest absolute Gasteiger partial charge is 0.162 e. The number of aliphatic hydroxyl groups is 2. The lowest BCUT2D eigenvalue weighted by Crippen LogP contribution is -2.36. The number of carbonyl (C=O) groups is 1. The molecular weight excluding hydrogens is 316 g/mol. The second-order valence-electron chi connectivity index (χ2n) is 7.36. The van der Waals surface area contributed by atoms with Gasteiger partial charge in [0.2, 0.25) is 0 Å². The molecule has 0 atom stereocenters. The molecule has 5 nitrogen and oxygen atoms in total. The summed E-state index contributed by atoms with van der Waals surface area (Å²) in [5, 5.41) is 19.1. The molecular formula is C20H30N2O3. The molecule has 0 spiro atoms. The van der Waals surface area contributed by atoms with Crippen LogP contribution in [0.3, 0.4) is 0 Å². The topological polar surface area (TPSA) is 64.0 Å². The largest absolute Gasteiger partial charge is 0.393 e. The summed E-state index contributed by atoms with van der Waals surface area (Å²) in [5.74, 6) is 0.206. The molecule has 0 radical (unpaired) electrons. The van der Waals surface area contributed by atoms with Gasteiger partial charge >= 0.3 is 0 Å². The Morgan fingerprint density at radius 3 is 2.08 bits per heavy atom. The average Bonchev–Trinajstić information content (AvgIpc) is 2.64. The van der Waals surface area contributed by atoms with Crippen LogP contribution in [0.2, 0.25) is 0 Å². The van der Waals surface area contributed by atoms with Crippen molar-refractivity contribution in [3.63, 3.8) is 0 Å². The van der Waals surface area contributed by atoms with Crippen LogP contribution in [-0.4, -0.2) is 65.8 Å². The Balaban J connectivity index is 1.43. The molecule has 0 unspecified atom stereocenters. The van der Waals surface area contributed by atoms with E-state index in [9.17, 15) is 15.0 Å². The number of hydrogen-bond donors (Lipinski definition) is 2. The molecule has 138 valence electrons. The zero-order chi connectivity index (χ0) is 17.6. The predicted molar refractivity (Wildman–Crippen MR) is 99.1 cm³/mol. The second-order valence-corrected chi connectivity index (χ2v) is 7.36. The van der Waals surface area contributed by atoms with E-state index in [1.54, 1.807) is 0 Å². The van der Waals surface area contributed by atoms with Gasteiger partial charge < -0.3 is 20.0 Å². The van der Waals surface area contributed by atoms with E-state index in [0.29, 0.717) is 6.42 Å². The minimum absolute atomic E-state index is 0.139. The zero-order valence-corrected chi connectivity index (χ0v) is 14.9. The van der Waals surface area contributed by atoms with Gasteiger partial charge in [-0.15, -0.1) is 0 Å². The van der Waals surface area contributed by atoms with Crippen LogP contribution in [0.15, 0.2) is 24.3 Å². The van der Waals surface area contributed by atoms with E-state index in [2.05, 4.69) is 9.80 Å². The highest BCUT2D eigenvalue weighted by Crippen LogP contribution is 2.21. The molecule has 1 aromatic rings. The van der Waals surface area contributed by atoms with E-state index in [1.807, 2.05) is 24.3 Å².